The second-order valence-electron chi connectivity index (χ2n) is 9.93. The van der Waals surface area contributed by atoms with E-state index in [1.807, 2.05) is 109 Å². The molecule has 1 aliphatic rings. The van der Waals surface area contributed by atoms with Crippen LogP contribution in [-0.2, 0) is 14.4 Å². The number of rotatable bonds is 12. The Labute approximate surface area is 246 Å². The fraction of sp³-hybridized carbons (Fsp3) is 0.200. The normalized spacial score (nSPS) is 18.0. The summed E-state index contributed by atoms with van der Waals surface area (Å²) < 4.78 is 12.2. The third-order valence-corrected chi connectivity index (χ3v) is 7.08. The standard InChI is InChI=1S/C35H34N2O5/c1-40-37-34(39)35(23-8-12-26-10-4-2-5-11-26)32(29-17-15-28(16-18-29)27-13-6-3-7-14-27)42-33(36-35)30-19-21-31(22-20-30)41-25-9-24-38/h2-8,10-22,32,38H,9,23-25H2,1H3,(H,37,39)/b12-8+/t32-,35-/m0/s1. The van der Waals surface area contributed by atoms with Crippen LogP contribution in [-0.4, -0.2) is 42.8 Å². The molecule has 5 rings (SSSR count). The van der Waals surface area contributed by atoms with Crippen LogP contribution >= 0.6 is 0 Å². The summed E-state index contributed by atoms with van der Waals surface area (Å²) in [5, 5.41) is 9.02. The molecule has 1 heterocycles. The molecule has 0 aliphatic carbocycles. The molecule has 214 valence electrons. The lowest BCUT2D eigenvalue weighted by Crippen LogP contribution is -2.47. The molecule has 1 aliphatic heterocycles. The highest BCUT2D eigenvalue weighted by atomic mass is 16.6. The van der Waals surface area contributed by atoms with Crippen molar-refractivity contribution < 1.29 is 24.2 Å². The summed E-state index contributed by atoms with van der Waals surface area (Å²) in [5.74, 6) is 0.625. The Balaban J connectivity index is 1.51. The van der Waals surface area contributed by atoms with E-state index in [0.29, 0.717) is 24.7 Å². The van der Waals surface area contributed by atoms with Crippen LogP contribution in [0.25, 0.3) is 17.2 Å². The first kappa shape index (κ1) is 28.8. The van der Waals surface area contributed by atoms with Gasteiger partial charge < -0.3 is 14.6 Å². The fourth-order valence-corrected chi connectivity index (χ4v) is 4.92. The number of hydrogen-bond donors (Lipinski definition) is 2. The van der Waals surface area contributed by atoms with Crippen LogP contribution in [0.15, 0.2) is 120 Å². The van der Waals surface area contributed by atoms with Crippen molar-refractivity contribution in [3.63, 3.8) is 0 Å². The number of nitrogens with one attached hydrogen (secondary N) is 1. The van der Waals surface area contributed by atoms with Crippen LogP contribution in [0.5, 0.6) is 5.75 Å². The Morgan fingerprint density at radius 1 is 0.905 bits per heavy atom. The number of aliphatic hydroxyl groups is 1. The molecule has 0 saturated carbocycles. The Hall–Kier alpha value is -4.72. The molecule has 0 aromatic heterocycles. The van der Waals surface area contributed by atoms with Gasteiger partial charge in [0, 0.05) is 25.0 Å². The van der Waals surface area contributed by atoms with Gasteiger partial charge in [-0.25, -0.2) is 10.5 Å². The van der Waals surface area contributed by atoms with Gasteiger partial charge in [-0.15, -0.1) is 0 Å². The first-order valence-corrected chi connectivity index (χ1v) is 13.9. The lowest BCUT2D eigenvalue weighted by Gasteiger charge is -2.29. The number of benzene rings is 4. The molecule has 0 unspecified atom stereocenters. The van der Waals surface area contributed by atoms with Crippen LogP contribution in [0.4, 0.5) is 0 Å². The summed E-state index contributed by atoms with van der Waals surface area (Å²) in [4.78, 5) is 23.8. The molecule has 2 atom stereocenters. The van der Waals surface area contributed by atoms with E-state index in [1.54, 1.807) is 0 Å². The average molecular weight is 563 g/mol. The Morgan fingerprint density at radius 2 is 1.55 bits per heavy atom. The molecule has 0 bridgehead atoms. The second kappa shape index (κ2) is 13.8. The molecule has 4 aromatic carbocycles. The minimum atomic E-state index is -1.33. The summed E-state index contributed by atoms with van der Waals surface area (Å²) in [6, 6.07) is 35.4. The number of carbonyl (C=O) groups excluding carboxylic acids is 1. The van der Waals surface area contributed by atoms with Crippen molar-refractivity contribution in [3.05, 3.63) is 132 Å². The number of aliphatic imine (C=N–C) groups is 1. The number of nitrogens with zero attached hydrogens (tertiary/aromatic N) is 1. The average Bonchev–Trinajstić information content (AvgIpc) is 3.43. The predicted molar refractivity (Wildman–Crippen MR) is 164 cm³/mol. The zero-order valence-corrected chi connectivity index (χ0v) is 23.5. The highest BCUT2D eigenvalue weighted by Gasteiger charge is 2.52. The number of ether oxygens (including phenoxy) is 2. The molecule has 1 amide bonds. The maximum absolute atomic E-state index is 13.8. The SMILES string of the molecule is CONC(=O)[C@@]1(C/C=C/c2ccccc2)N=C(c2ccc(OCCCO)cc2)O[C@H]1c1ccc(-c2ccccc2)cc1. The zero-order chi connectivity index (χ0) is 29.2. The molecule has 0 radical (unpaired) electrons. The topological polar surface area (TPSA) is 89.4 Å². The van der Waals surface area contributed by atoms with Gasteiger partial charge >= 0.3 is 0 Å². The van der Waals surface area contributed by atoms with Crippen molar-refractivity contribution >= 4 is 17.9 Å². The minimum Gasteiger partial charge on any atom is -0.494 e. The summed E-state index contributed by atoms with van der Waals surface area (Å²) in [6.07, 6.45) is 4.03. The van der Waals surface area contributed by atoms with Gasteiger partial charge in [0.15, 0.2) is 11.6 Å². The Kier molecular flexibility index (Phi) is 9.44. The molecule has 4 aromatic rings. The quantitative estimate of drug-likeness (QED) is 0.160. The van der Waals surface area contributed by atoms with E-state index in [2.05, 4.69) is 17.6 Å². The van der Waals surface area contributed by atoms with Crippen LogP contribution in [0.1, 0.15) is 35.6 Å². The number of amides is 1. The zero-order valence-electron chi connectivity index (χ0n) is 23.5. The third-order valence-electron chi connectivity index (χ3n) is 7.08. The maximum atomic E-state index is 13.8. The second-order valence-corrected chi connectivity index (χ2v) is 9.93. The highest BCUT2D eigenvalue weighted by molar-refractivity contribution is 6.01. The van der Waals surface area contributed by atoms with Crippen LogP contribution in [0, 0.1) is 0 Å². The van der Waals surface area contributed by atoms with Crippen molar-refractivity contribution in [2.75, 3.05) is 20.3 Å². The van der Waals surface area contributed by atoms with Crippen LogP contribution < -0.4 is 10.2 Å². The first-order chi connectivity index (χ1) is 20.6. The van der Waals surface area contributed by atoms with Gasteiger partial charge in [-0.1, -0.05) is 97.1 Å². The number of carbonyl (C=O) groups is 1. The first-order valence-electron chi connectivity index (χ1n) is 13.9. The summed E-state index contributed by atoms with van der Waals surface area (Å²) in [6.45, 7) is 0.489. The number of aliphatic hydroxyl groups excluding tert-OH is 1. The van der Waals surface area contributed by atoms with E-state index < -0.39 is 17.6 Å². The molecule has 2 N–H and O–H groups in total. The summed E-state index contributed by atoms with van der Waals surface area (Å²) in [7, 11) is 1.41. The monoisotopic (exact) mass is 562 g/mol. The van der Waals surface area contributed by atoms with E-state index in [1.165, 1.54) is 7.11 Å². The Morgan fingerprint density at radius 3 is 2.21 bits per heavy atom. The summed E-state index contributed by atoms with van der Waals surface area (Å²) >= 11 is 0. The van der Waals surface area contributed by atoms with Crippen LogP contribution in [0.2, 0.25) is 0 Å². The molecule has 0 spiro atoms. The van der Waals surface area contributed by atoms with Crippen molar-refractivity contribution in [1.29, 1.82) is 0 Å². The molecule has 42 heavy (non-hydrogen) atoms. The van der Waals surface area contributed by atoms with Gasteiger partial charge in [0.05, 0.1) is 13.7 Å². The van der Waals surface area contributed by atoms with Gasteiger partial charge in [-0.05, 0) is 46.5 Å². The fourth-order valence-electron chi connectivity index (χ4n) is 4.92. The summed E-state index contributed by atoms with van der Waals surface area (Å²) in [5.41, 5.74) is 5.90. The van der Waals surface area contributed by atoms with Gasteiger partial charge in [0.25, 0.3) is 5.91 Å². The largest absolute Gasteiger partial charge is 0.494 e. The lowest BCUT2D eigenvalue weighted by atomic mass is 9.84. The lowest BCUT2D eigenvalue weighted by molar-refractivity contribution is -0.139. The maximum Gasteiger partial charge on any atom is 0.276 e. The van der Waals surface area contributed by atoms with Crippen molar-refractivity contribution in [2.45, 2.75) is 24.5 Å². The molecule has 7 nitrogen and oxygen atoms in total. The van der Waals surface area contributed by atoms with Crippen molar-refractivity contribution in [1.82, 2.24) is 5.48 Å². The Bertz CT molecular complexity index is 1500. The van der Waals surface area contributed by atoms with E-state index in [4.69, 9.17) is 24.4 Å². The number of hydrogen-bond acceptors (Lipinski definition) is 6. The van der Waals surface area contributed by atoms with E-state index in [-0.39, 0.29) is 13.0 Å². The van der Waals surface area contributed by atoms with E-state index in [9.17, 15) is 4.79 Å². The van der Waals surface area contributed by atoms with E-state index >= 15 is 0 Å². The third kappa shape index (κ3) is 6.60. The van der Waals surface area contributed by atoms with Crippen LogP contribution in [0.3, 0.4) is 0 Å². The van der Waals surface area contributed by atoms with Gasteiger partial charge in [0.1, 0.15) is 5.75 Å². The molecular weight excluding hydrogens is 528 g/mol. The van der Waals surface area contributed by atoms with Crippen molar-refractivity contribution in [2.24, 2.45) is 4.99 Å². The number of hydroxylamine groups is 1. The molecule has 7 heteroatoms. The minimum absolute atomic E-state index is 0.0702. The van der Waals surface area contributed by atoms with Gasteiger partial charge in [-0.3, -0.25) is 9.63 Å². The van der Waals surface area contributed by atoms with Gasteiger partial charge in [-0.2, -0.15) is 0 Å². The molecule has 0 saturated heterocycles. The van der Waals surface area contributed by atoms with E-state index in [0.717, 1.165) is 27.8 Å². The molecular formula is C35H34N2O5. The predicted octanol–water partition coefficient (Wildman–Crippen LogP) is 6.15. The smallest absolute Gasteiger partial charge is 0.276 e. The highest BCUT2D eigenvalue weighted by Crippen LogP contribution is 2.43. The van der Waals surface area contributed by atoms with Gasteiger partial charge in [0.2, 0.25) is 5.90 Å². The molecule has 0 fully saturated rings. The van der Waals surface area contributed by atoms with Crippen molar-refractivity contribution in [3.8, 4) is 16.9 Å².